The van der Waals surface area contributed by atoms with Gasteiger partial charge in [0.05, 0.1) is 17.4 Å². The fourth-order valence-electron chi connectivity index (χ4n) is 1.84. The van der Waals surface area contributed by atoms with Crippen molar-refractivity contribution in [3.63, 3.8) is 0 Å². The number of anilines is 1. The zero-order valence-corrected chi connectivity index (χ0v) is 11.1. The average Bonchev–Trinajstić information content (AvgIpc) is 2.97. The average molecular weight is 295 g/mol. The van der Waals surface area contributed by atoms with Crippen LogP contribution in [0, 0.1) is 0 Å². The van der Waals surface area contributed by atoms with Gasteiger partial charge in [0, 0.05) is 5.02 Å². The Hall–Kier alpha value is -1.91. The highest BCUT2D eigenvalue weighted by molar-refractivity contribution is 6.31. The van der Waals surface area contributed by atoms with Crippen molar-refractivity contribution in [2.24, 2.45) is 0 Å². The first-order valence-electron chi connectivity index (χ1n) is 5.41. The number of hydrogen-bond donors (Lipinski definition) is 1. The number of nitrogen functional groups attached to an aromatic ring is 1. The first-order chi connectivity index (χ1) is 9.16. The van der Waals surface area contributed by atoms with Crippen molar-refractivity contribution in [2.75, 3.05) is 5.73 Å². The van der Waals surface area contributed by atoms with E-state index < -0.39 is 0 Å². The Morgan fingerprint density at radius 2 is 1.79 bits per heavy atom. The van der Waals surface area contributed by atoms with Crippen LogP contribution < -0.4 is 5.73 Å². The van der Waals surface area contributed by atoms with E-state index in [0.717, 1.165) is 5.56 Å². The van der Waals surface area contributed by atoms with Crippen LogP contribution in [0.1, 0.15) is 0 Å². The monoisotopic (exact) mass is 294 g/mol. The first kappa shape index (κ1) is 12.1. The van der Waals surface area contributed by atoms with E-state index in [-0.39, 0.29) is 11.0 Å². The van der Waals surface area contributed by atoms with E-state index in [0.29, 0.717) is 21.9 Å². The number of benzene rings is 1. The first-order valence-corrected chi connectivity index (χ1v) is 6.17. The molecule has 0 aliphatic carbocycles. The van der Waals surface area contributed by atoms with Crippen LogP contribution in [0.2, 0.25) is 10.2 Å². The molecule has 0 fully saturated rings. The molecule has 1 aromatic carbocycles. The van der Waals surface area contributed by atoms with Gasteiger partial charge < -0.3 is 14.7 Å². The van der Waals surface area contributed by atoms with E-state index in [1.54, 1.807) is 18.2 Å². The molecule has 0 saturated heterocycles. The highest BCUT2D eigenvalue weighted by Crippen LogP contribution is 2.40. The summed E-state index contributed by atoms with van der Waals surface area (Å²) < 4.78 is 10.3. The van der Waals surface area contributed by atoms with E-state index in [9.17, 15) is 0 Å². The second-order valence-electron chi connectivity index (χ2n) is 3.89. The summed E-state index contributed by atoms with van der Waals surface area (Å²) in [7, 11) is 0. The summed E-state index contributed by atoms with van der Waals surface area (Å²) >= 11 is 11.8. The summed E-state index contributed by atoms with van der Waals surface area (Å²) in [5, 5.41) is 4.65. The molecule has 0 atom stereocenters. The lowest BCUT2D eigenvalue weighted by Crippen LogP contribution is -1.88. The van der Waals surface area contributed by atoms with Crippen molar-refractivity contribution < 1.29 is 8.94 Å². The molecule has 0 aliphatic heterocycles. The van der Waals surface area contributed by atoms with Crippen LogP contribution in [-0.4, -0.2) is 5.16 Å². The lowest BCUT2D eigenvalue weighted by atomic mass is 10.0. The van der Waals surface area contributed by atoms with Gasteiger partial charge >= 0.3 is 0 Å². The molecule has 0 saturated carbocycles. The molecule has 3 aromatic rings. The number of rotatable bonds is 2. The van der Waals surface area contributed by atoms with Gasteiger partial charge in [-0.15, -0.1) is 0 Å². The van der Waals surface area contributed by atoms with Crippen molar-refractivity contribution in [3.05, 3.63) is 46.8 Å². The zero-order valence-electron chi connectivity index (χ0n) is 9.56. The maximum atomic E-state index is 5.95. The van der Waals surface area contributed by atoms with Gasteiger partial charge in [-0.2, -0.15) is 0 Å². The van der Waals surface area contributed by atoms with Gasteiger partial charge in [-0.05, 0) is 35.4 Å². The Balaban J connectivity index is 2.19. The molecule has 2 N–H and O–H groups in total. The molecule has 2 heterocycles. The smallest absolute Gasteiger partial charge is 0.204 e. The second-order valence-corrected chi connectivity index (χ2v) is 4.67. The summed E-state index contributed by atoms with van der Waals surface area (Å²) in [6, 6.07) is 8.90. The molecule has 0 radical (unpaired) electrons. The quantitative estimate of drug-likeness (QED) is 0.756. The van der Waals surface area contributed by atoms with Crippen molar-refractivity contribution in [1.29, 1.82) is 0 Å². The highest BCUT2D eigenvalue weighted by Gasteiger charge is 2.21. The Morgan fingerprint density at radius 3 is 2.42 bits per heavy atom. The molecule has 0 bridgehead atoms. The van der Waals surface area contributed by atoms with Gasteiger partial charge in [0.15, 0.2) is 11.6 Å². The van der Waals surface area contributed by atoms with Crippen molar-refractivity contribution in [1.82, 2.24) is 5.16 Å². The Morgan fingerprint density at radius 1 is 1.05 bits per heavy atom. The molecule has 0 spiro atoms. The van der Waals surface area contributed by atoms with E-state index >= 15 is 0 Å². The van der Waals surface area contributed by atoms with Crippen LogP contribution in [0.25, 0.3) is 22.5 Å². The molecule has 96 valence electrons. The molecule has 2 aromatic heterocycles. The van der Waals surface area contributed by atoms with Crippen LogP contribution in [0.15, 0.2) is 45.5 Å². The molecule has 19 heavy (non-hydrogen) atoms. The fraction of sp³-hybridized carbons (Fsp3) is 0. The van der Waals surface area contributed by atoms with Gasteiger partial charge in [0.25, 0.3) is 0 Å². The van der Waals surface area contributed by atoms with Gasteiger partial charge in [0.1, 0.15) is 0 Å². The van der Waals surface area contributed by atoms with E-state index in [2.05, 4.69) is 5.16 Å². The highest BCUT2D eigenvalue weighted by atomic mass is 35.5. The second kappa shape index (κ2) is 4.64. The van der Waals surface area contributed by atoms with E-state index in [1.165, 1.54) is 6.26 Å². The third-order valence-electron chi connectivity index (χ3n) is 2.71. The molecule has 0 aliphatic rings. The van der Waals surface area contributed by atoms with E-state index in [4.69, 9.17) is 37.9 Å². The fourth-order valence-corrected chi connectivity index (χ4v) is 2.16. The van der Waals surface area contributed by atoms with Crippen molar-refractivity contribution >= 4 is 29.0 Å². The van der Waals surface area contributed by atoms with Gasteiger partial charge in [-0.1, -0.05) is 28.9 Å². The lowest BCUT2D eigenvalue weighted by Gasteiger charge is -2.01. The van der Waals surface area contributed by atoms with Crippen molar-refractivity contribution in [3.8, 4) is 22.5 Å². The van der Waals surface area contributed by atoms with Crippen LogP contribution in [0.3, 0.4) is 0 Å². The van der Waals surface area contributed by atoms with Crippen LogP contribution in [0.5, 0.6) is 0 Å². The van der Waals surface area contributed by atoms with Gasteiger partial charge in [-0.3, -0.25) is 0 Å². The van der Waals surface area contributed by atoms with E-state index in [1.807, 2.05) is 12.1 Å². The largest absolute Gasteiger partial charge is 0.452 e. The third kappa shape index (κ3) is 2.09. The van der Waals surface area contributed by atoms with Gasteiger partial charge in [-0.25, -0.2) is 0 Å². The summed E-state index contributed by atoms with van der Waals surface area (Å²) in [4.78, 5) is 0. The predicted molar refractivity (Wildman–Crippen MR) is 74.1 cm³/mol. The summed E-state index contributed by atoms with van der Waals surface area (Å²) in [5.74, 6) is 0.758. The molecule has 0 unspecified atom stereocenters. The zero-order chi connectivity index (χ0) is 13.4. The summed E-state index contributed by atoms with van der Waals surface area (Å²) in [5.41, 5.74) is 7.97. The minimum atomic E-state index is 0.228. The van der Waals surface area contributed by atoms with Crippen LogP contribution in [0.4, 0.5) is 5.82 Å². The van der Waals surface area contributed by atoms with Gasteiger partial charge in [0.2, 0.25) is 5.22 Å². The Kier molecular flexibility index (Phi) is 2.97. The maximum absolute atomic E-state index is 5.95. The molecular formula is C13H8Cl2N2O2. The SMILES string of the molecule is Nc1noc(-c2ccoc2Cl)c1-c1ccc(Cl)cc1. The molecular weight excluding hydrogens is 287 g/mol. The third-order valence-corrected chi connectivity index (χ3v) is 3.26. The van der Waals surface area contributed by atoms with Crippen LogP contribution >= 0.6 is 23.2 Å². The minimum absolute atomic E-state index is 0.228. The number of aromatic nitrogens is 1. The molecule has 0 amide bonds. The standard InChI is InChI=1S/C13H8Cl2N2O2/c14-8-3-1-7(2-4-8)10-11(19-17-13(10)16)9-5-6-18-12(9)15/h1-6H,(H2,16,17). The minimum Gasteiger partial charge on any atom is -0.452 e. The number of halogens is 2. The van der Waals surface area contributed by atoms with Crippen LogP contribution in [-0.2, 0) is 0 Å². The normalized spacial score (nSPS) is 10.8. The Labute approximate surface area is 118 Å². The lowest BCUT2D eigenvalue weighted by molar-refractivity contribution is 0.435. The number of nitrogens with two attached hydrogens (primary N) is 1. The predicted octanol–water partition coefficient (Wildman–Crippen LogP) is 4.49. The number of hydrogen-bond acceptors (Lipinski definition) is 4. The number of furan rings is 1. The summed E-state index contributed by atoms with van der Waals surface area (Å²) in [6.07, 6.45) is 1.47. The Bertz CT molecular complexity index is 717. The topological polar surface area (TPSA) is 65.2 Å². The number of nitrogens with zero attached hydrogens (tertiary/aromatic N) is 1. The molecule has 6 heteroatoms. The maximum Gasteiger partial charge on any atom is 0.204 e. The van der Waals surface area contributed by atoms with Crippen molar-refractivity contribution in [2.45, 2.75) is 0 Å². The molecule has 4 nitrogen and oxygen atoms in total. The molecule has 3 rings (SSSR count). The summed E-state index contributed by atoms with van der Waals surface area (Å²) in [6.45, 7) is 0.